The molecule has 0 saturated carbocycles. The van der Waals surface area contributed by atoms with Crippen molar-refractivity contribution in [3.63, 3.8) is 0 Å². The van der Waals surface area contributed by atoms with Gasteiger partial charge in [0.1, 0.15) is 30.7 Å². The third-order valence-corrected chi connectivity index (χ3v) is 7.57. The normalized spacial score (nSPS) is 16.9. The number of alkyl halides is 1. The minimum atomic E-state index is -1.09. The molecule has 1 aromatic heterocycles. The summed E-state index contributed by atoms with van der Waals surface area (Å²) < 4.78 is 31.9. The minimum Gasteiger partial charge on any atom is -0.493 e. The monoisotopic (exact) mass is 580 g/mol. The van der Waals surface area contributed by atoms with Gasteiger partial charge in [0.15, 0.2) is 11.5 Å². The van der Waals surface area contributed by atoms with Gasteiger partial charge in [-0.25, -0.2) is 19.2 Å². The van der Waals surface area contributed by atoms with E-state index in [4.69, 9.17) is 14.2 Å². The van der Waals surface area contributed by atoms with Crippen LogP contribution in [0.15, 0.2) is 42.7 Å². The first-order valence-electron chi connectivity index (χ1n) is 14.8. The molecule has 0 aliphatic carbocycles. The van der Waals surface area contributed by atoms with Crippen LogP contribution in [-0.2, 0) is 0 Å². The molecule has 0 radical (unpaired) electrons. The van der Waals surface area contributed by atoms with Crippen LogP contribution in [0.3, 0.4) is 0 Å². The van der Waals surface area contributed by atoms with Crippen LogP contribution in [0.5, 0.6) is 17.2 Å². The predicted octanol–water partition coefficient (Wildman–Crippen LogP) is 4.98. The van der Waals surface area contributed by atoms with Gasteiger partial charge in [-0.15, -0.1) is 0 Å². The maximum absolute atomic E-state index is 14.7. The zero-order valence-electron chi connectivity index (χ0n) is 24.7. The van der Waals surface area contributed by atoms with Crippen molar-refractivity contribution in [1.82, 2.24) is 19.8 Å². The number of methoxy groups -OCH3 is 1. The van der Waals surface area contributed by atoms with Gasteiger partial charge in [-0.2, -0.15) is 0 Å². The zero-order valence-corrected chi connectivity index (χ0v) is 24.7. The zero-order chi connectivity index (χ0) is 29.5. The van der Waals surface area contributed by atoms with Gasteiger partial charge < -0.3 is 34.2 Å². The maximum atomic E-state index is 14.7. The molecule has 226 valence electrons. The standard InChI is InChI=1S/C31H41FN6O4/c1-22(2)42-25-9-7-24(8-10-25)35-31(39)38-15-13-37(14-16-38)30-26-17-28(40-3)29(18-27(26)33-21-34-30)41-20-23(32)19-36-11-5-4-6-12-36/h7-10,17-18,21-23H,4-6,11-16,19-20H2,1-3H3,(H,35,39). The van der Waals surface area contributed by atoms with Gasteiger partial charge in [0.25, 0.3) is 0 Å². The molecule has 2 aromatic carbocycles. The Kier molecular flexibility index (Phi) is 9.78. The van der Waals surface area contributed by atoms with Crippen molar-refractivity contribution < 1.29 is 23.4 Å². The van der Waals surface area contributed by atoms with Crippen molar-refractivity contribution in [3.8, 4) is 17.2 Å². The van der Waals surface area contributed by atoms with E-state index in [0.29, 0.717) is 49.7 Å². The molecule has 2 fully saturated rings. The number of nitrogens with one attached hydrogen (secondary N) is 1. The molecule has 1 unspecified atom stereocenters. The Morgan fingerprint density at radius 2 is 1.71 bits per heavy atom. The van der Waals surface area contributed by atoms with Crippen LogP contribution in [0.1, 0.15) is 33.1 Å². The number of rotatable bonds is 10. The van der Waals surface area contributed by atoms with Crippen LogP contribution >= 0.6 is 0 Å². The Bertz CT molecular complexity index is 1330. The van der Waals surface area contributed by atoms with Crippen molar-refractivity contribution in [2.45, 2.75) is 45.4 Å². The quantitative estimate of drug-likeness (QED) is 0.359. The molecule has 10 nitrogen and oxygen atoms in total. The molecular weight excluding hydrogens is 539 g/mol. The first kappa shape index (κ1) is 29.6. The number of ether oxygens (including phenoxy) is 3. The van der Waals surface area contributed by atoms with E-state index in [0.717, 1.165) is 48.6 Å². The molecule has 0 spiro atoms. The number of carbonyl (C=O) groups excluding carboxylic acids is 1. The maximum Gasteiger partial charge on any atom is 0.321 e. The summed E-state index contributed by atoms with van der Waals surface area (Å²) in [5, 5.41) is 3.78. The fourth-order valence-corrected chi connectivity index (χ4v) is 5.44. The van der Waals surface area contributed by atoms with E-state index >= 15 is 0 Å². The SMILES string of the molecule is COc1cc2c(N3CCN(C(=O)Nc4ccc(OC(C)C)cc4)CC3)ncnc2cc1OCC(F)CN1CCCCC1. The van der Waals surface area contributed by atoms with E-state index in [9.17, 15) is 9.18 Å². The molecule has 3 heterocycles. The largest absolute Gasteiger partial charge is 0.493 e. The number of hydrogen-bond donors (Lipinski definition) is 1. The van der Waals surface area contributed by atoms with Crippen LogP contribution in [0.25, 0.3) is 10.9 Å². The number of halogens is 1. The number of amides is 2. The Balaban J connectivity index is 1.19. The molecule has 1 atom stereocenters. The Labute approximate surface area is 246 Å². The Morgan fingerprint density at radius 3 is 2.40 bits per heavy atom. The van der Waals surface area contributed by atoms with Gasteiger partial charge in [0.05, 0.1) is 18.7 Å². The third-order valence-electron chi connectivity index (χ3n) is 7.57. The second-order valence-corrected chi connectivity index (χ2v) is 11.1. The lowest BCUT2D eigenvalue weighted by atomic mass is 10.1. The summed E-state index contributed by atoms with van der Waals surface area (Å²) in [7, 11) is 1.57. The van der Waals surface area contributed by atoms with Crippen LogP contribution in [0, 0.1) is 0 Å². The number of carbonyl (C=O) groups is 1. The van der Waals surface area contributed by atoms with Gasteiger partial charge in [-0.3, -0.25) is 0 Å². The number of anilines is 2. The molecule has 42 heavy (non-hydrogen) atoms. The van der Waals surface area contributed by atoms with E-state index in [1.807, 2.05) is 44.2 Å². The first-order chi connectivity index (χ1) is 20.4. The number of urea groups is 1. The summed E-state index contributed by atoms with van der Waals surface area (Å²) in [5.41, 5.74) is 1.41. The van der Waals surface area contributed by atoms with Crippen molar-refractivity contribution >= 4 is 28.4 Å². The summed E-state index contributed by atoms with van der Waals surface area (Å²) in [4.78, 5) is 28.0. The summed E-state index contributed by atoms with van der Waals surface area (Å²) in [5.74, 6) is 2.50. The lowest BCUT2D eigenvalue weighted by Gasteiger charge is -2.35. The second kappa shape index (κ2) is 13.9. The lowest BCUT2D eigenvalue weighted by Crippen LogP contribution is -2.50. The van der Waals surface area contributed by atoms with Gasteiger partial charge in [0, 0.05) is 49.9 Å². The van der Waals surface area contributed by atoms with Crippen LogP contribution in [0.2, 0.25) is 0 Å². The molecular formula is C31H41FN6O4. The van der Waals surface area contributed by atoms with Crippen molar-refractivity contribution in [3.05, 3.63) is 42.7 Å². The van der Waals surface area contributed by atoms with Gasteiger partial charge in [-0.1, -0.05) is 6.42 Å². The summed E-state index contributed by atoms with van der Waals surface area (Å²) in [6.45, 7) is 8.48. The molecule has 2 aliphatic heterocycles. The highest BCUT2D eigenvalue weighted by Gasteiger charge is 2.24. The topological polar surface area (TPSA) is 92.3 Å². The molecule has 2 saturated heterocycles. The molecule has 2 amide bonds. The Hall–Kier alpha value is -3.86. The van der Waals surface area contributed by atoms with Crippen molar-refractivity contribution in [2.24, 2.45) is 0 Å². The molecule has 11 heteroatoms. The molecule has 2 aliphatic rings. The highest BCUT2D eigenvalue weighted by molar-refractivity contribution is 5.92. The lowest BCUT2D eigenvalue weighted by molar-refractivity contribution is 0.123. The average molecular weight is 581 g/mol. The number of benzene rings is 2. The fourth-order valence-electron chi connectivity index (χ4n) is 5.44. The molecule has 3 aromatic rings. The first-order valence-corrected chi connectivity index (χ1v) is 14.8. The van der Waals surface area contributed by atoms with Crippen LogP contribution in [0.4, 0.5) is 20.7 Å². The number of nitrogens with zero attached hydrogens (tertiary/aromatic N) is 5. The summed E-state index contributed by atoms with van der Waals surface area (Å²) >= 11 is 0. The van der Waals surface area contributed by atoms with E-state index < -0.39 is 6.17 Å². The van der Waals surface area contributed by atoms with E-state index in [2.05, 4.69) is 25.1 Å². The molecule has 5 rings (SSSR count). The number of likely N-dealkylation sites (tertiary alicyclic amines) is 1. The predicted molar refractivity (Wildman–Crippen MR) is 162 cm³/mol. The summed E-state index contributed by atoms with van der Waals surface area (Å²) in [6, 6.07) is 10.9. The molecule has 1 N–H and O–H groups in total. The number of hydrogen-bond acceptors (Lipinski definition) is 8. The van der Waals surface area contributed by atoms with E-state index in [1.54, 1.807) is 18.1 Å². The van der Waals surface area contributed by atoms with Gasteiger partial charge >= 0.3 is 6.03 Å². The number of piperidine rings is 1. The number of aromatic nitrogens is 2. The van der Waals surface area contributed by atoms with Gasteiger partial charge in [-0.05, 0) is 70.1 Å². The van der Waals surface area contributed by atoms with E-state index in [-0.39, 0.29) is 18.7 Å². The van der Waals surface area contributed by atoms with Crippen molar-refractivity contribution in [2.75, 3.05) is 69.7 Å². The van der Waals surface area contributed by atoms with Gasteiger partial charge in [0.2, 0.25) is 0 Å². The highest BCUT2D eigenvalue weighted by atomic mass is 19.1. The molecule has 0 bridgehead atoms. The van der Waals surface area contributed by atoms with Crippen LogP contribution in [-0.4, -0.2) is 97.6 Å². The van der Waals surface area contributed by atoms with Crippen molar-refractivity contribution in [1.29, 1.82) is 0 Å². The minimum absolute atomic E-state index is 0.0454. The second-order valence-electron chi connectivity index (χ2n) is 11.1. The number of fused-ring (bicyclic) bond motifs is 1. The Morgan fingerprint density at radius 1 is 0.976 bits per heavy atom. The fraction of sp³-hybridized carbons (Fsp3) is 0.516. The number of piperazine rings is 1. The smallest absolute Gasteiger partial charge is 0.321 e. The summed E-state index contributed by atoms with van der Waals surface area (Å²) in [6.07, 6.45) is 3.99. The highest BCUT2D eigenvalue weighted by Crippen LogP contribution is 2.35. The van der Waals surface area contributed by atoms with Crippen LogP contribution < -0.4 is 24.4 Å². The average Bonchev–Trinajstić information content (AvgIpc) is 3.00. The third kappa shape index (κ3) is 7.50. The van der Waals surface area contributed by atoms with E-state index in [1.165, 1.54) is 12.7 Å².